The van der Waals surface area contributed by atoms with E-state index < -0.39 is 0 Å². The van der Waals surface area contributed by atoms with Crippen LogP contribution in [0.5, 0.6) is 0 Å². The lowest BCUT2D eigenvalue weighted by Crippen LogP contribution is -2.35. The number of nitrogens with zero attached hydrogens (tertiary/aromatic N) is 3. The van der Waals surface area contributed by atoms with Crippen molar-refractivity contribution in [3.05, 3.63) is 41.6 Å². The molecule has 0 aliphatic carbocycles. The van der Waals surface area contributed by atoms with Crippen molar-refractivity contribution in [3.63, 3.8) is 0 Å². The van der Waals surface area contributed by atoms with Gasteiger partial charge in [0.2, 0.25) is 0 Å². The third-order valence-corrected chi connectivity index (χ3v) is 2.84. The van der Waals surface area contributed by atoms with Crippen LogP contribution in [0.1, 0.15) is 26.3 Å². The molecular formula is C13H17ClN4. The molecule has 0 aliphatic heterocycles. The second-order valence-corrected chi connectivity index (χ2v) is 5.61. The van der Waals surface area contributed by atoms with Crippen molar-refractivity contribution in [1.29, 1.82) is 0 Å². The molecule has 0 saturated carbocycles. The Morgan fingerprint density at radius 1 is 1.39 bits per heavy atom. The average Bonchev–Trinajstić information content (AvgIpc) is 2.80. The normalized spacial score (nSPS) is 11.8. The van der Waals surface area contributed by atoms with Crippen molar-refractivity contribution in [2.24, 2.45) is 0 Å². The molecule has 2 heterocycles. The lowest BCUT2D eigenvalue weighted by atomic mass is 10.1. The number of nitrogens with one attached hydrogen (secondary N) is 1. The standard InChI is InChI=1S/C13H17ClN4/c1-13(2,3)17-7-10-6-12(16-8-11(10)14)18-5-4-15-9-18/h4-6,8-9,17H,7H2,1-3H3. The highest BCUT2D eigenvalue weighted by Crippen LogP contribution is 2.18. The number of aromatic nitrogens is 3. The van der Waals surface area contributed by atoms with Gasteiger partial charge in [-0.1, -0.05) is 11.6 Å². The third-order valence-electron chi connectivity index (χ3n) is 2.50. The van der Waals surface area contributed by atoms with E-state index in [0.717, 1.165) is 11.4 Å². The van der Waals surface area contributed by atoms with Crippen LogP contribution in [0.3, 0.4) is 0 Å². The Balaban J connectivity index is 2.22. The Morgan fingerprint density at radius 2 is 2.17 bits per heavy atom. The quantitative estimate of drug-likeness (QED) is 0.927. The molecule has 0 bridgehead atoms. The van der Waals surface area contributed by atoms with Crippen molar-refractivity contribution in [2.75, 3.05) is 0 Å². The second-order valence-electron chi connectivity index (χ2n) is 5.21. The maximum atomic E-state index is 6.16. The molecule has 0 atom stereocenters. The Kier molecular flexibility index (Phi) is 3.68. The van der Waals surface area contributed by atoms with Gasteiger partial charge in [-0.2, -0.15) is 0 Å². The van der Waals surface area contributed by atoms with Gasteiger partial charge in [0.1, 0.15) is 12.1 Å². The van der Waals surface area contributed by atoms with Crippen molar-refractivity contribution < 1.29 is 0 Å². The fraction of sp³-hybridized carbons (Fsp3) is 0.385. The fourth-order valence-corrected chi connectivity index (χ4v) is 1.67. The van der Waals surface area contributed by atoms with Gasteiger partial charge in [0.15, 0.2) is 0 Å². The highest BCUT2D eigenvalue weighted by Gasteiger charge is 2.11. The summed E-state index contributed by atoms with van der Waals surface area (Å²) in [7, 11) is 0. The molecule has 0 fully saturated rings. The molecule has 0 radical (unpaired) electrons. The summed E-state index contributed by atoms with van der Waals surface area (Å²) in [6, 6.07) is 1.97. The summed E-state index contributed by atoms with van der Waals surface area (Å²) >= 11 is 6.16. The van der Waals surface area contributed by atoms with Gasteiger partial charge in [0.05, 0.1) is 5.02 Å². The van der Waals surface area contributed by atoms with Crippen LogP contribution >= 0.6 is 11.6 Å². The van der Waals surface area contributed by atoms with Gasteiger partial charge in [0, 0.05) is 30.7 Å². The van der Waals surface area contributed by atoms with Crippen LogP contribution in [0.4, 0.5) is 0 Å². The van der Waals surface area contributed by atoms with Crippen molar-refractivity contribution in [1.82, 2.24) is 19.9 Å². The summed E-state index contributed by atoms with van der Waals surface area (Å²) in [5.41, 5.74) is 1.09. The van der Waals surface area contributed by atoms with Crippen LogP contribution in [-0.4, -0.2) is 20.1 Å². The summed E-state index contributed by atoms with van der Waals surface area (Å²) in [5.74, 6) is 0.822. The summed E-state index contributed by atoms with van der Waals surface area (Å²) < 4.78 is 1.86. The van der Waals surface area contributed by atoms with Crippen LogP contribution in [0.15, 0.2) is 31.0 Å². The minimum absolute atomic E-state index is 0.0573. The number of halogens is 1. The van der Waals surface area contributed by atoms with Crippen molar-refractivity contribution >= 4 is 11.6 Å². The van der Waals surface area contributed by atoms with Gasteiger partial charge in [-0.25, -0.2) is 9.97 Å². The van der Waals surface area contributed by atoms with Crippen LogP contribution in [0.2, 0.25) is 5.02 Å². The molecule has 0 unspecified atom stereocenters. The first-order chi connectivity index (χ1) is 8.46. The summed E-state index contributed by atoms with van der Waals surface area (Å²) in [4.78, 5) is 8.30. The molecule has 0 aromatic carbocycles. The molecule has 0 saturated heterocycles. The molecule has 5 heteroatoms. The summed E-state index contributed by atoms with van der Waals surface area (Å²) in [5, 5.41) is 4.09. The van der Waals surface area contributed by atoms with E-state index in [1.54, 1.807) is 18.7 Å². The number of rotatable bonds is 3. The van der Waals surface area contributed by atoms with E-state index >= 15 is 0 Å². The summed E-state index contributed by atoms with van der Waals surface area (Å²) in [6.45, 7) is 7.09. The predicted molar refractivity (Wildman–Crippen MR) is 73.0 cm³/mol. The molecule has 0 aliphatic rings. The second kappa shape index (κ2) is 5.08. The first kappa shape index (κ1) is 13.1. The molecular weight excluding hydrogens is 248 g/mol. The van der Waals surface area contributed by atoms with Crippen molar-refractivity contribution in [3.8, 4) is 5.82 Å². The third kappa shape index (κ3) is 3.31. The van der Waals surface area contributed by atoms with Gasteiger partial charge < -0.3 is 5.32 Å². The maximum absolute atomic E-state index is 6.16. The Labute approximate surface area is 112 Å². The maximum Gasteiger partial charge on any atom is 0.138 e. The molecule has 18 heavy (non-hydrogen) atoms. The highest BCUT2D eigenvalue weighted by atomic mass is 35.5. The number of pyridine rings is 1. The lowest BCUT2D eigenvalue weighted by Gasteiger charge is -2.21. The summed E-state index contributed by atoms with van der Waals surface area (Å²) in [6.07, 6.45) is 6.98. The minimum atomic E-state index is 0.0573. The van der Waals surface area contributed by atoms with E-state index in [2.05, 4.69) is 36.1 Å². The van der Waals surface area contributed by atoms with E-state index in [4.69, 9.17) is 11.6 Å². The fourth-order valence-electron chi connectivity index (χ4n) is 1.50. The van der Waals surface area contributed by atoms with E-state index in [1.165, 1.54) is 0 Å². The van der Waals surface area contributed by atoms with Gasteiger partial charge >= 0.3 is 0 Å². The smallest absolute Gasteiger partial charge is 0.138 e. The van der Waals surface area contributed by atoms with Gasteiger partial charge in [-0.3, -0.25) is 4.57 Å². The Hall–Kier alpha value is -1.39. The number of imidazole rings is 1. The first-order valence-corrected chi connectivity index (χ1v) is 6.21. The number of hydrogen-bond donors (Lipinski definition) is 1. The van der Waals surface area contributed by atoms with Crippen molar-refractivity contribution in [2.45, 2.75) is 32.9 Å². The molecule has 0 spiro atoms. The average molecular weight is 265 g/mol. The predicted octanol–water partition coefficient (Wildman–Crippen LogP) is 2.81. The SMILES string of the molecule is CC(C)(C)NCc1cc(-n2ccnc2)ncc1Cl. The van der Waals surface area contributed by atoms with E-state index in [9.17, 15) is 0 Å². The molecule has 2 rings (SSSR count). The van der Waals surface area contributed by atoms with Gasteiger partial charge in [-0.15, -0.1) is 0 Å². The molecule has 2 aromatic rings. The molecule has 96 valence electrons. The lowest BCUT2D eigenvalue weighted by molar-refractivity contribution is 0.424. The van der Waals surface area contributed by atoms with Crippen LogP contribution in [0.25, 0.3) is 5.82 Å². The Morgan fingerprint density at radius 3 is 2.78 bits per heavy atom. The van der Waals surface area contributed by atoms with Gasteiger partial charge in [-0.05, 0) is 32.4 Å². The topological polar surface area (TPSA) is 42.7 Å². The zero-order valence-electron chi connectivity index (χ0n) is 10.8. The number of hydrogen-bond acceptors (Lipinski definition) is 3. The van der Waals surface area contributed by atoms with Crippen LogP contribution < -0.4 is 5.32 Å². The van der Waals surface area contributed by atoms with Crippen LogP contribution in [-0.2, 0) is 6.54 Å². The van der Waals surface area contributed by atoms with Gasteiger partial charge in [0.25, 0.3) is 0 Å². The largest absolute Gasteiger partial charge is 0.308 e. The minimum Gasteiger partial charge on any atom is -0.308 e. The highest BCUT2D eigenvalue weighted by molar-refractivity contribution is 6.31. The van der Waals surface area contributed by atoms with E-state index in [0.29, 0.717) is 11.6 Å². The molecule has 0 amide bonds. The van der Waals surface area contributed by atoms with E-state index in [-0.39, 0.29) is 5.54 Å². The van der Waals surface area contributed by atoms with Crippen LogP contribution in [0, 0.1) is 0 Å². The molecule has 4 nitrogen and oxygen atoms in total. The first-order valence-electron chi connectivity index (χ1n) is 5.83. The molecule has 2 aromatic heterocycles. The molecule has 1 N–H and O–H groups in total. The Bertz CT molecular complexity index is 514. The monoisotopic (exact) mass is 264 g/mol. The van der Waals surface area contributed by atoms with E-state index in [1.807, 2.05) is 16.8 Å². The zero-order chi connectivity index (χ0) is 13.2. The zero-order valence-corrected chi connectivity index (χ0v) is 11.6.